The highest BCUT2D eigenvalue weighted by Gasteiger charge is 2.16. The largest absolute Gasteiger partial charge is 0.228 e. The van der Waals surface area contributed by atoms with Gasteiger partial charge in [0.25, 0.3) is 0 Å². The van der Waals surface area contributed by atoms with Crippen LogP contribution in [0.5, 0.6) is 0 Å². The summed E-state index contributed by atoms with van der Waals surface area (Å²) in [6.45, 7) is 0. The highest BCUT2D eigenvalue weighted by Crippen LogP contribution is 2.40. The van der Waals surface area contributed by atoms with Gasteiger partial charge in [0.2, 0.25) is 0 Å². The van der Waals surface area contributed by atoms with Gasteiger partial charge in [0.1, 0.15) is 0 Å². The fourth-order valence-corrected chi connectivity index (χ4v) is 8.36. The topological polar surface area (TPSA) is 25.8 Å². The molecule has 2 heterocycles. The Morgan fingerprint density at radius 1 is 0.314 bits per heavy atom. The van der Waals surface area contributed by atoms with Crippen molar-refractivity contribution in [3.63, 3.8) is 0 Å². The molecular weight excluding hydrogens is 637 g/mol. The molecule has 2 nitrogen and oxygen atoms in total. The molecule has 0 saturated carbocycles. The average Bonchev–Trinajstić information content (AvgIpc) is 3.58. The number of benzene rings is 8. The van der Waals surface area contributed by atoms with Gasteiger partial charge < -0.3 is 0 Å². The van der Waals surface area contributed by atoms with E-state index in [9.17, 15) is 0 Å². The van der Waals surface area contributed by atoms with E-state index in [1.807, 2.05) is 17.4 Å². The maximum atomic E-state index is 5.34. The van der Waals surface area contributed by atoms with Crippen LogP contribution >= 0.6 is 11.3 Å². The summed E-state index contributed by atoms with van der Waals surface area (Å²) in [5, 5.41) is 7.35. The summed E-state index contributed by atoms with van der Waals surface area (Å²) in [6, 6.07) is 65.2. The van der Waals surface area contributed by atoms with Gasteiger partial charge in [0, 0.05) is 36.9 Å². The Labute approximate surface area is 300 Å². The number of hydrogen-bond acceptors (Lipinski definition) is 3. The van der Waals surface area contributed by atoms with Gasteiger partial charge in [0.05, 0.1) is 11.4 Å². The van der Waals surface area contributed by atoms with E-state index in [2.05, 4.69) is 176 Å². The monoisotopic (exact) mass is 666 g/mol. The van der Waals surface area contributed by atoms with E-state index in [4.69, 9.17) is 9.97 Å². The number of hydrogen-bond donors (Lipinski definition) is 0. The summed E-state index contributed by atoms with van der Waals surface area (Å²) < 4.78 is 2.61. The summed E-state index contributed by atoms with van der Waals surface area (Å²) in [7, 11) is 0. The van der Waals surface area contributed by atoms with Crippen LogP contribution in [0.1, 0.15) is 0 Å². The Morgan fingerprint density at radius 2 is 0.922 bits per heavy atom. The van der Waals surface area contributed by atoms with Crippen molar-refractivity contribution in [2.75, 3.05) is 0 Å². The summed E-state index contributed by atoms with van der Waals surface area (Å²) in [6.07, 6.45) is 0. The predicted molar refractivity (Wildman–Crippen MR) is 217 cm³/mol. The molecule has 2 aromatic heterocycles. The third kappa shape index (κ3) is 5.36. The molecule has 0 N–H and O–H groups in total. The minimum atomic E-state index is 0.715. The minimum absolute atomic E-state index is 0.715. The Morgan fingerprint density at radius 3 is 1.76 bits per heavy atom. The van der Waals surface area contributed by atoms with Crippen molar-refractivity contribution in [2.45, 2.75) is 0 Å². The summed E-state index contributed by atoms with van der Waals surface area (Å²) in [5.41, 5.74) is 9.56. The molecule has 8 aromatic carbocycles. The Bertz CT molecular complexity index is 2920. The van der Waals surface area contributed by atoms with Crippen molar-refractivity contribution in [3.8, 4) is 56.2 Å². The second-order valence-electron chi connectivity index (χ2n) is 13.0. The number of nitrogens with zero attached hydrogens (tertiary/aromatic N) is 2. The van der Waals surface area contributed by atoms with Crippen LogP contribution in [0, 0.1) is 0 Å². The Hall–Kier alpha value is -6.42. The van der Waals surface area contributed by atoms with E-state index in [1.165, 1.54) is 47.5 Å². The van der Waals surface area contributed by atoms with E-state index in [1.54, 1.807) is 0 Å². The Kier molecular flexibility index (Phi) is 7.04. The molecule has 0 amide bonds. The van der Waals surface area contributed by atoms with Gasteiger partial charge in [-0.25, -0.2) is 9.97 Å². The lowest BCUT2D eigenvalue weighted by molar-refractivity contribution is 1.19. The van der Waals surface area contributed by atoms with Crippen LogP contribution in [-0.2, 0) is 0 Å². The highest BCUT2D eigenvalue weighted by molar-refractivity contribution is 7.25. The van der Waals surface area contributed by atoms with Crippen molar-refractivity contribution in [2.24, 2.45) is 0 Å². The van der Waals surface area contributed by atoms with Gasteiger partial charge in [-0.15, -0.1) is 11.3 Å². The maximum absolute atomic E-state index is 5.34. The van der Waals surface area contributed by atoms with Crippen LogP contribution in [0.3, 0.4) is 0 Å². The average molecular weight is 667 g/mol. The van der Waals surface area contributed by atoms with Crippen molar-refractivity contribution in [3.05, 3.63) is 182 Å². The molecule has 51 heavy (non-hydrogen) atoms. The first-order valence-corrected chi connectivity index (χ1v) is 18.0. The van der Waals surface area contributed by atoms with Crippen molar-refractivity contribution in [1.29, 1.82) is 0 Å². The molecule has 10 rings (SSSR count). The molecule has 0 bridgehead atoms. The lowest BCUT2D eigenvalue weighted by Gasteiger charge is -2.14. The summed E-state index contributed by atoms with van der Waals surface area (Å²) in [5.74, 6) is 0.715. The Balaban J connectivity index is 1.22. The van der Waals surface area contributed by atoms with Gasteiger partial charge in [-0.05, 0) is 92.3 Å². The van der Waals surface area contributed by atoms with Crippen LogP contribution in [0.4, 0.5) is 0 Å². The van der Waals surface area contributed by atoms with Crippen LogP contribution in [-0.4, -0.2) is 9.97 Å². The zero-order valence-corrected chi connectivity index (χ0v) is 28.4. The van der Waals surface area contributed by atoms with Gasteiger partial charge in [0.15, 0.2) is 5.82 Å². The first-order chi connectivity index (χ1) is 25.2. The van der Waals surface area contributed by atoms with Crippen LogP contribution in [0.25, 0.3) is 97.9 Å². The van der Waals surface area contributed by atoms with Gasteiger partial charge in [-0.1, -0.05) is 133 Å². The standard InChI is InChI=1S/C48H30N2S/c1-2-13-33(14-3-1)44-30-45(50-48(49-44)42-19-10-16-32-12-6-7-17-40(32)42)39-27-37(35-22-21-31-11-4-5-15-34(31)25-35)26-38(28-39)36-23-24-47-43(29-36)41-18-8-9-20-46(41)51-47/h1-30H. The number of thiophene rings is 1. The normalized spacial score (nSPS) is 11.5. The molecule has 0 spiro atoms. The second-order valence-corrected chi connectivity index (χ2v) is 14.1. The highest BCUT2D eigenvalue weighted by atomic mass is 32.1. The molecule has 3 heteroatoms. The molecule has 0 saturated heterocycles. The number of aromatic nitrogens is 2. The van der Waals surface area contributed by atoms with Crippen molar-refractivity contribution >= 4 is 53.1 Å². The third-order valence-electron chi connectivity index (χ3n) is 9.85. The molecule has 0 aliphatic rings. The molecule has 0 aliphatic heterocycles. The molecule has 10 aromatic rings. The smallest absolute Gasteiger partial charge is 0.161 e. The summed E-state index contributed by atoms with van der Waals surface area (Å²) >= 11 is 1.85. The fourth-order valence-electron chi connectivity index (χ4n) is 7.28. The van der Waals surface area contributed by atoms with E-state index in [-0.39, 0.29) is 0 Å². The first kappa shape index (κ1) is 29.5. The number of fused-ring (bicyclic) bond motifs is 5. The van der Waals surface area contributed by atoms with E-state index >= 15 is 0 Å². The predicted octanol–water partition coefficient (Wildman–Crippen LogP) is 13.5. The fraction of sp³-hybridized carbons (Fsp3) is 0. The maximum Gasteiger partial charge on any atom is 0.161 e. The molecular formula is C48H30N2S. The van der Waals surface area contributed by atoms with Gasteiger partial charge in [-0.3, -0.25) is 0 Å². The first-order valence-electron chi connectivity index (χ1n) is 17.2. The van der Waals surface area contributed by atoms with Crippen LogP contribution < -0.4 is 0 Å². The minimum Gasteiger partial charge on any atom is -0.228 e. The van der Waals surface area contributed by atoms with Crippen LogP contribution in [0.15, 0.2) is 182 Å². The lowest BCUT2D eigenvalue weighted by Crippen LogP contribution is -1.97. The quantitative estimate of drug-likeness (QED) is 0.183. The zero-order valence-electron chi connectivity index (χ0n) is 27.6. The van der Waals surface area contributed by atoms with Crippen molar-refractivity contribution < 1.29 is 0 Å². The number of rotatable bonds is 5. The van der Waals surface area contributed by atoms with Crippen molar-refractivity contribution in [1.82, 2.24) is 9.97 Å². The zero-order chi connectivity index (χ0) is 33.7. The second kappa shape index (κ2) is 12.2. The van der Waals surface area contributed by atoms with E-state index in [0.717, 1.165) is 44.6 Å². The lowest BCUT2D eigenvalue weighted by atomic mass is 9.93. The van der Waals surface area contributed by atoms with E-state index in [0.29, 0.717) is 5.82 Å². The molecule has 0 unspecified atom stereocenters. The molecule has 0 aliphatic carbocycles. The van der Waals surface area contributed by atoms with Crippen LogP contribution in [0.2, 0.25) is 0 Å². The summed E-state index contributed by atoms with van der Waals surface area (Å²) in [4.78, 5) is 10.5. The van der Waals surface area contributed by atoms with E-state index < -0.39 is 0 Å². The molecule has 0 radical (unpaired) electrons. The van der Waals surface area contributed by atoms with Gasteiger partial charge in [-0.2, -0.15) is 0 Å². The molecule has 0 atom stereocenters. The molecule has 0 fully saturated rings. The third-order valence-corrected chi connectivity index (χ3v) is 11.0. The molecule has 238 valence electrons. The van der Waals surface area contributed by atoms with Gasteiger partial charge >= 0.3 is 0 Å². The SMILES string of the molecule is c1ccc(-c2cc(-c3cc(-c4ccc5ccccc5c4)cc(-c4ccc5sc6ccccc6c5c4)c3)nc(-c3cccc4ccccc34)n2)cc1.